The third kappa shape index (κ3) is 3.88. The van der Waals surface area contributed by atoms with Gasteiger partial charge in [-0.25, -0.2) is 12.8 Å². The van der Waals surface area contributed by atoms with Crippen LogP contribution in [0.5, 0.6) is 17.2 Å². The van der Waals surface area contributed by atoms with Crippen LogP contribution in [0.3, 0.4) is 0 Å². The zero-order valence-corrected chi connectivity index (χ0v) is 16.7. The normalized spacial score (nSPS) is 19.8. The Labute approximate surface area is 168 Å². The molecule has 2 aromatic rings. The lowest BCUT2D eigenvalue weighted by Gasteiger charge is -2.31. The lowest BCUT2D eigenvalue weighted by molar-refractivity contribution is 0.381. The number of rotatable bonds is 4. The minimum atomic E-state index is -3.68. The Hall–Kier alpha value is -3.13. The molecule has 0 aromatic heterocycles. The van der Waals surface area contributed by atoms with E-state index in [0.717, 1.165) is 5.57 Å². The summed E-state index contributed by atoms with van der Waals surface area (Å²) in [6, 6.07) is 11.0. The summed E-state index contributed by atoms with van der Waals surface area (Å²) in [4.78, 5) is 1.84. The quantitative estimate of drug-likeness (QED) is 0.751. The van der Waals surface area contributed by atoms with Crippen LogP contribution in [0.2, 0.25) is 0 Å². The highest BCUT2D eigenvalue weighted by Crippen LogP contribution is 2.33. The summed E-state index contributed by atoms with van der Waals surface area (Å²) < 4.78 is 53.4. The molecule has 2 aliphatic heterocycles. The molecule has 0 N–H and O–H groups in total. The largest absolute Gasteiger partial charge is 0.494 e. The lowest BCUT2D eigenvalue weighted by Crippen LogP contribution is -2.38. The Kier molecular flexibility index (Phi) is 4.87. The predicted molar refractivity (Wildman–Crippen MR) is 108 cm³/mol. The molecule has 0 bridgehead atoms. The molecule has 6 nitrogen and oxygen atoms in total. The summed E-state index contributed by atoms with van der Waals surface area (Å²) in [5, 5.41) is -0.776. The molecular weight excluding hydrogens is 395 g/mol. The molecular formula is C21H19FN2O4S. The van der Waals surface area contributed by atoms with Crippen LogP contribution >= 0.6 is 0 Å². The van der Waals surface area contributed by atoms with E-state index in [9.17, 15) is 12.8 Å². The third-order valence-corrected chi connectivity index (χ3v) is 6.28. The number of sulfonamides is 1. The van der Waals surface area contributed by atoms with Gasteiger partial charge in [-0.2, -0.15) is 0 Å². The second-order valence-electron chi connectivity index (χ2n) is 6.78. The number of allylic oxidation sites excluding steroid dienone is 2. The molecule has 0 saturated heterocycles. The van der Waals surface area contributed by atoms with Gasteiger partial charge in [-0.1, -0.05) is 18.2 Å². The highest BCUT2D eigenvalue weighted by atomic mass is 32.2. The standard InChI is InChI=1S/C21H19FN2O4S/c1-14-3-10-21-23-29(25,26)20(13-24(21)12-14)15-4-6-16(7-5-15)28-17-8-9-18(22)19(11-17)27-2/h3-12,20H,13H2,1-2H3. The smallest absolute Gasteiger partial charge is 0.263 e. The van der Waals surface area contributed by atoms with Gasteiger partial charge in [0, 0.05) is 18.8 Å². The molecule has 1 unspecified atom stereocenters. The first kappa shape index (κ1) is 19.2. The van der Waals surface area contributed by atoms with Crippen molar-refractivity contribution in [3.05, 3.63) is 77.8 Å². The number of fused-ring (bicyclic) bond motifs is 1. The van der Waals surface area contributed by atoms with Crippen molar-refractivity contribution in [2.45, 2.75) is 12.2 Å². The molecule has 0 radical (unpaired) electrons. The maximum absolute atomic E-state index is 13.5. The van der Waals surface area contributed by atoms with Crippen molar-refractivity contribution in [1.29, 1.82) is 0 Å². The molecule has 0 saturated carbocycles. The van der Waals surface area contributed by atoms with Gasteiger partial charge in [-0.15, -0.1) is 4.40 Å². The van der Waals surface area contributed by atoms with E-state index in [-0.39, 0.29) is 12.3 Å². The number of ether oxygens (including phenoxy) is 2. The average molecular weight is 414 g/mol. The summed E-state index contributed by atoms with van der Waals surface area (Å²) in [6.45, 7) is 2.24. The first-order chi connectivity index (χ1) is 13.9. The fraction of sp³-hybridized carbons (Fsp3) is 0.190. The van der Waals surface area contributed by atoms with Crippen LogP contribution in [0.25, 0.3) is 0 Å². The second-order valence-corrected chi connectivity index (χ2v) is 8.56. The Morgan fingerprint density at radius 2 is 1.83 bits per heavy atom. The number of methoxy groups -OCH3 is 1. The van der Waals surface area contributed by atoms with Gasteiger partial charge in [0.2, 0.25) is 0 Å². The molecule has 8 heteroatoms. The highest BCUT2D eigenvalue weighted by molar-refractivity contribution is 7.90. The molecule has 2 heterocycles. The summed E-state index contributed by atoms with van der Waals surface area (Å²) >= 11 is 0. The Morgan fingerprint density at radius 3 is 2.55 bits per heavy atom. The fourth-order valence-corrected chi connectivity index (χ4v) is 4.62. The topological polar surface area (TPSA) is 68.2 Å². The van der Waals surface area contributed by atoms with E-state index >= 15 is 0 Å². The molecule has 2 aromatic carbocycles. The molecule has 4 rings (SSSR count). The van der Waals surface area contributed by atoms with E-state index in [2.05, 4.69) is 4.40 Å². The van der Waals surface area contributed by atoms with Gasteiger partial charge in [-0.3, -0.25) is 0 Å². The Balaban J connectivity index is 1.56. The first-order valence-corrected chi connectivity index (χ1v) is 10.4. The molecule has 0 amide bonds. The van der Waals surface area contributed by atoms with Crippen molar-refractivity contribution in [1.82, 2.24) is 4.90 Å². The molecule has 1 atom stereocenters. The summed E-state index contributed by atoms with van der Waals surface area (Å²) in [5.74, 6) is 0.944. The summed E-state index contributed by atoms with van der Waals surface area (Å²) in [5.41, 5.74) is 1.65. The van der Waals surface area contributed by atoms with Crippen molar-refractivity contribution in [2.24, 2.45) is 4.40 Å². The number of hydrogen-bond acceptors (Lipinski definition) is 5. The van der Waals surface area contributed by atoms with Gasteiger partial charge in [-0.05, 0) is 48.4 Å². The van der Waals surface area contributed by atoms with Gasteiger partial charge in [0.15, 0.2) is 11.6 Å². The molecule has 0 fully saturated rings. The maximum atomic E-state index is 13.5. The van der Waals surface area contributed by atoms with Gasteiger partial charge in [0.25, 0.3) is 10.0 Å². The van der Waals surface area contributed by atoms with E-state index in [1.165, 1.54) is 25.3 Å². The van der Waals surface area contributed by atoms with Crippen molar-refractivity contribution < 1.29 is 22.3 Å². The van der Waals surface area contributed by atoms with Crippen LogP contribution in [0, 0.1) is 5.82 Å². The zero-order chi connectivity index (χ0) is 20.6. The van der Waals surface area contributed by atoms with E-state index < -0.39 is 21.1 Å². The van der Waals surface area contributed by atoms with E-state index in [1.807, 2.05) is 24.1 Å². The number of amidine groups is 1. The van der Waals surface area contributed by atoms with Crippen LogP contribution in [0.4, 0.5) is 4.39 Å². The average Bonchev–Trinajstić information content (AvgIpc) is 2.69. The lowest BCUT2D eigenvalue weighted by atomic mass is 10.1. The van der Waals surface area contributed by atoms with Gasteiger partial charge < -0.3 is 14.4 Å². The highest BCUT2D eigenvalue weighted by Gasteiger charge is 2.35. The van der Waals surface area contributed by atoms with Crippen LogP contribution < -0.4 is 9.47 Å². The van der Waals surface area contributed by atoms with Gasteiger partial charge in [0.05, 0.1) is 7.11 Å². The zero-order valence-electron chi connectivity index (χ0n) is 15.9. The van der Waals surface area contributed by atoms with Crippen molar-refractivity contribution in [2.75, 3.05) is 13.7 Å². The number of benzene rings is 2. The van der Waals surface area contributed by atoms with Crippen LogP contribution in [0.15, 0.2) is 70.8 Å². The van der Waals surface area contributed by atoms with E-state index in [4.69, 9.17) is 9.47 Å². The van der Waals surface area contributed by atoms with Crippen molar-refractivity contribution >= 4 is 15.9 Å². The maximum Gasteiger partial charge on any atom is 0.263 e. The summed E-state index contributed by atoms with van der Waals surface area (Å²) in [7, 11) is -2.30. The number of nitrogens with zero attached hydrogens (tertiary/aromatic N) is 2. The minimum absolute atomic E-state index is 0.0833. The first-order valence-electron chi connectivity index (χ1n) is 8.94. The number of hydrogen-bond donors (Lipinski definition) is 0. The second kappa shape index (κ2) is 7.36. The van der Waals surface area contributed by atoms with E-state index in [0.29, 0.717) is 22.9 Å². The molecule has 0 spiro atoms. The van der Waals surface area contributed by atoms with E-state index in [1.54, 1.807) is 30.3 Å². The predicted octanol–water partition coefficient (Wildman–Crippen LogP) is 4.19. The molecule has 2 aliphatic rings. The Bertz CT molecular complexity index is 1140. The fourth-order valence-electron chi connectivity index (χ4n) is 3.22. The van der Waals surface area contributed by atoms with Crippen LogP contribution in [-0.4, -0.2) is 32.8 Å². The molecule has 29 heavy (non-hydrogen) atoms. The van der Waals surface area contributed by atoms with Crippen LogP contribution in [-0.2, 0) is 10.0 Å². The third-order valence-electron chi connectivity index (χ3n) is 4.70. The number of halogens is 1. The van der Waals surface area contributed by atoms with Gasteiger partial charge in [0.1, 0.15) is 22.6 Å². The minimum Gasteiger partial charge on any atom is -0.494 e. The Morgan fingerprint density at radius 1 is 1.10 bits per heavy atom. The molecule has 0 aliphatic carbocycles. The van der Waals surface area contributed by atoms with Crippen LogP contribution in [0.1, 0.15) is 17.7 Å². The van der Waals surface area contributed by atoms with Crippen molar-refractivity contribution in [3.8, 4) is 17.2 Å². The molecule has 150 valence electrons. The SMILES string of the molecule is COc1cc(Oc2ccc(C3CN4C=C(C)C=CC4=NS3(=O)=O)cc2)ccc1F. The van der Waals surface area contributed by atoms with Crippen molar-refractivity contribution in [3.63, 3.8) is 0 Å². The summed E-state index contributed by atoms with van der Waals surface area (Å²) in [6.07, 6.45) is 5.43. The van der Waals surface area contributed by atoms with Gasteiger partial charge >= 0.3 is 0 Å². The monoisotopic (exact) mass is 414 g/mol.